The molecule has 0 aliphatic rings. The number of nitro groups is 1. The predicted octanol–water partition coefficient (Wildman–Crippen LogP) is 3.84. The van der Waals surface area contributed by atoms with Crippen LogP contribution in [0.3, 0.4) is 0 Å². The van der Waals surface area contributed by atoms with Gasteiger partial charge in [0, 0.05) is 17.0 Å². The van der Waals surface area contributed by atoms with Gasteiger partial charge in [-0.1, -0.05) is 15.9 Å². The van der Waals surface area contributed by atoms with E-state index in [1.807, 2.05) is 0 Å². The third kappa shape index (κ3) is 4.86. The molecule has 1 aromatic rings. The van der Waals surface area contributed by atoms with E-state index in [4.69, 9.17) is 4.74 Å². The summed E-state index contributed by atoms with van der Waals surface area (Å²) in [5, 5.41) is 13.7. The minimum Gasteiger partial charge on any atom is -0.444 e. The Labute approximate surface area is 119 Å². The molecule has 19 heavy (non-hydrogen) atoms. The van der Waals surface area contributed by atoms with Gasteiger partial charge in [-0.15, -0.1) is 0 Å². The lowest BCUT2D eigenvalue weighted by atomic mass is 10.2. The monoisotopic (exact) mass is 330 g/mol. The van der Waals surface area contributed by atoms with Crippen LogP contribution in [0.1, 0.15) is 26.3 Å². The summed E-state index contributed by atoms with van der Waals surface area (Å²) in [5.74, 6) is 0. The van der Waals surface area contributed by atoms with Crippen LogP contribution in [0.25, 0.3) is 0 Å². The first-order valence-corrected chi connectivity index (χ1v) is 6.68. The zero-order chi connectivity index (χ0) is 14.6. The average molecular weight is 331 g/mol. The fraction of sp³-hybridized carbons (Fsp3) is 0.417. The van der Waals surface area contributed by atoms with E-state index in [2.05, 4.69) is 21.2 Å². The molecule has 0 saturated carbocycles. The van der Waals surface area contributed by atoms with Crippen LogP contribution < -0.4 is 5.32 Å². The molecule has 0 unspecified atom stereocenters. The molecule has 6 nitrogen and oxygen atoms in total. The Morgan fingerprint density at radius 3 is 2.58 bits per heavy atom. The number of nitrogens with zero attached hydrogens (tertiary/aromatic N) is 1. The van der Waals surface area contributed by atoms with E-state index < -0.39 is 16.6 Å². The molecule has 0 bridgehead atoms. The third-order valence-electron chi connectivity index (χ3n) is 2.07. The molecule has 0 spiro atoms. The van der Waals surface area contributed by atoms with Gasteiger partial charge in [0.1, 0.15) is 5.60 Å². The van der Waals surface area contributed by atoms with Gasteiger partial charge in [-0.25, -0.2) is 4.79 Å². The maximum absolute atomic E-state index is 11.6. The highest BCUT2D eigenvalue weighted by Crippen LogP contribution is 2.25. The second-order valence-electron chi connectivity index (χ2n) is 4.86. The molecule has 0 radical (unpaired) electrons. The maximum Gasteiger partial charge on any atom is 0.412 e. The Balaban J connectivity index is 2.88. The Kier molecular flexibility index (Phi) is 4.88. The number of hydrogen-bond donors (Lipinski definition) is 1. The topological polar surface area (TPSA) is 81.5 Å². The van der Waals surface area contributed by atoms with Crippen molar-refractivity contribution in [2.24, 2.45) is 0 Å². The summed E-state index contributed by atoms with van der Waals surface area (Å²) >= 11 is 3.18. The van der Waals surface area contributed by atoms with Crippen LogP contribution in [-0.2, 0) is 10.1 Å². The molecule has 0 aromatic heterocycles. The molecule has 1 rings (SSSR count). The lowest BCUT2D eigenvalue weighted by molar-refractivity contribution is -0.385. The predicted molar refractivity (Wildman–Crippen MR) is 75.6 cm³/mol. The van der Waals surface area contributed by atoms with Crippen molar-refractivity contribution >= 4 is 33.4 Å². The minimum atomic E-state index is -0.645. The standard InChI is InChI=1S/C12H15BrN2O4/c1-12(2,3)19-11(16)14-9-5-4-8(7-13)10(6-9)15(17)18/h4-6H,7H2,1-3H3,(H,14,16). The van der Waals surface area contributed by atoms with Crippen molar-refractivity contribution in [3.63, 3.8) is 0 Å². The number of amides is 1. The zero-order valence-corrected chi connectivity index (χ0v) is 12.5. The Bertz CT molecular complexity index is 497. The van der Waals surface area contributed by atoms with Gasteiger partial charge in [-0.2, -0.15) is 0 Å². The lowest BCUT2D eigenvalue weighted by Gasteiger charge is -2.19. The maximum atomic E-state index is 11.6. The zero-order valence-electron chi connectivity index (χ0n) is 10.9. The van der Waals surface area contributed by atoms with Crippen molar-refractivity contribution in [2.45, 2.75) is 31.7 Å². The van der Waals surface area contributed by atoms with E-state index in [0.29, 0.717) is 16.6 Å². The van der Waals surface area contributed by atoms with Gasteiger partial charge in [0.05, 0.1) is 10.6 Å². The Hall–Kier alpha value is -1.63. The summed E-state index contributed by atoms with van der Waals surface area (Å²) in [6, 6.07) is 4.48. The smallest absolute Gasteiger partial charge is 0.412 e. The number of alkyl halides is 1. The highest BCUT2D eigenvalue weighted by molar-refractivity contribution is 9.08. The lowest BCUT2D eigenvalue weighted by Crippen LogP contribution is -2.27. The number of nitro benzene ring substituents is 1. The molecule has 104 valence electrons. The number of hydrogen-bond acceptors (Lipinski definition) is 4. The van der Waals surface area contributed by atoms with Crippen molar-refractivity contribution in [1.29, 1.82) is 0 Å². The Morgan fingerprint density at radius 1 is 1.47 bits per heavy atom. The largest absolute Gasteiger partial charge is 0.444 e. The van der Waals surface area contributed by atoms with Crippen LogP contribution >= 0.6 is 15.9 Å². The van der Waals surface area contributed by atoms with Crippen molar-refractivity contribution in [3.8, 4) is 0 Å². The first-order chi connectivity index (χ1) is 8.73. The van der Waals surface area contributed by atoms with Gasteiger partial charge in [0.25, 0.3) is 5.69 Å². The normalized spacial score (nSPS) is 10.9. The van der Waals surface area contributed by atoms with Crippen molar-refractivity contribution in [2.75, 3.05) is 5.32 Å². The fourth-order valence-electron chi connectivity index (χ4n) is 1.35. The van der Waals surface area contributed by atoms with Gasteiger partial charge in [-0.05, 0) is 32.9 Å². The molecule has 7 heteroatoms. The van der Waals surface area contributed by atoms with Crippen LogP contribution in [-0.4, -0.2) is 16.6 Å². The number of benzene rings is 1. The second-order valence-corrected chi connectivity index (χ2v) is 5.42. The van der Waals surface area contributed by atoms with Crippen LogP contribution in [0.4, 0.5) is 16.2 Å². The summed E-state index contributed by atoms with van der Waals surface area (Å²) in [6.07, 6.45) is -0.645. The molecule has 0 aliphatic heterocycles. The van der Waals surface area contributed by atoms with Crippen molar-refractivity contribution < 1.29 is 14.5 Å². The minimum absolute atomic E-state index is 0.0505. The van der Waals surface area contributed by atoms with Gasteiger partial charge < -0.3 is 4.74 Å². The van der Waals surface area contributed by atoms with Crippen LogP contribution in [0.15, 0.2) is 18.2 Å². The van der Waals surface area contributed by atoms with Gasteiger partial charge >= 0.3 is 6.09 Å². The van der Waals surface area contributed by atoms with E-state index in [-0.39, 0.29) is 5.69 Å². The molecule has 0 atom stereocenters. The number of ether oxygens (including phenoxy) is 1. The molecule has 1 aromatic carbocycles. The van der Waals surface area contributed by atoms with Gasteiger partial charge in [-0.3, -0.25) is 15.4 Å². The summed E-state index contributed by atoms with van der Waals surface area (Å²) < 4.78 is 5.07. The summed E-state index contributed by atoms with van der Waals surface area (Å²) in [6.45, 7) is 5.22. The molecule has 0 aliphatic carbocycles. The molecular formula is C12H15BrN2O4. The quantitative estimate of drug-likeness (QED) is 0.518. The SMILES string of the molecule is CC(C)(C)OC(=O)Nc1ccc(CBr)c([N+](=O)[O-])c1. The number of carbonyl (C=O) groups excluding carboxylic acids is 1. The van der Waals surface area contributed by atoms with Crippen molar-refractivity contribution in [1.82, 2.24) is 0 Å². The van der Waals surface area contributed by atoms with Gasteiger partial charge in [0.2, 0.25) is 0 Å². The summed E-state index contributed by atoms with van der Waals surface area (Å²) in [5.41, 5.74) is 0.196. The van der Waals surface area contributed by atoms with E-state index in [9.17, 15) is 14.9 Å². The first kappa shape index (κ1) is 15.4. The molecule has 1 amide bonds. The molecule has 0 saturated heterocycles. The third-order valence-corrected chi connectivity index (χ3v) is 2.68. The van der Waals surface area contributed by atoms with Crippen LogP contribution in [0.2, 0.25) is 0 Å². The van der Waals surface area contributed by atoms with E-state index in [0.717, 1.165) is 0 Å². The number of carbonyl (C=O) groups is 1. The van der Waals surface area contributed by atoms with Crippen LogP contribution in [0.5, 0.6) is 0 Å². The first-order valence-electron chi connectivity index (χ1n) is 5.56. The second kappa shape index (κ2) is 6.01. The average Bonchev–Trinajstić information content (AvgIpc) is 2.26. The van der Waals surface area contributed by atoms with Gasteiger partial charge in [0.15, 0.2) is 0 Å². The van der Waals surface area contributed by atoms with E-state index in [1.54, 1.807) is 32.9 Å². The highest BCUT2D eigenvalue weighted by Gasteiger charge is 2.18. The van der Waals surface area contributed by atoms with Crippen molar-refractivity contribution in [3.05, 3.63) is 33.9 Å². The molecular weight excluding hydrogens is 316 g/mol. The summed E-state index contributed by atoms with van der Waals surface area (Å²) in [4.78, 5) is 22.0. The summed E-state index contributed by atoms with van der Waals surface area (Å²) in [7, 11) is 0. The Morgan fingerprint density at radius 2 is 2.11 bits per heavy atom. The van der Waals surface area contributed by atoms with Crippen LogP contribution in [0, 0.1) is 10.1 Å². The molecule has 1 N–H and O–H groups in total. The number of anilines is 1. The number of halogens is 1. The fourth-order valence-corrected chi connectivity index (χ4v) is 1.82. The number of nitrogens with one attached hydrogen (secondary N) is 1. The number of rotatable bonds is 3. The highest BCUT2D eigenvalue weighted by atomic mass is 79.9. The van der Waals surface area contributed by atoms with E-state index >= 15 is 0 Å². The molecule has 0 heterocycles. The van der Waals surface area contributed by atoms with E-state index in [1.165, 1.54) is 6.07 Å². The molecule has 0 fully saturated rings.